The summed E-state index contributed by atoms with van der Waals surface area (Å²) in [6.07, 6.45) is 5.27. The van der Waals surface area contributed by atoms with Crippen molar-refractivity contribution in [2.45, 2.75) is 19.4 Å². The van der Waals surface area contributed by atoms with Crippen LogP contribution in [0.15, 0.2) is 59.6 Å². The molecule has 3 nitrogen and oxygen atoms in total. The number of anilines is 1. The highest BCUT2D eigenvalue weighted by atomic mass is 79.9. The molecule has 1 aromatic carbocycles. The molecule has 0 bridgehead atoms. The van der Waals surface area contributed by atoms with Crippen molar-refractivity contribution in [3.8, 4) is 5.75 Å². The van der Waals surface area contributed by atoms with Crippen LogP contribution in [0.5, 0.6) is 5.75 Å². The molecule has 0 atom stereocenters. The zero-order valence-electron chi connectivity index (χ0n) is 12.2. The van der Waals surface area contributed by atoms with Crippen molar-refractivity contribution in [3.05, 3.63) is 59.6 Å². The fraction of sp³-hybridized carbons (Fsp3) is 0.235. The number of carbonyl (C=O) groups excluding carboxylic acids is 1. The second kappa shape index (κ2) is 5.90. The number of nitrogens with zero attached hydrogens (tertiary/aromatic N) is 1. The molecule has 1 aromatic rings. The number of hydrogen-bond acceptors (Lipinski definition) is 2. The average Bonchev–Trinajstić information content (AvgIpc) is 2.44. The van der Waals surface area contributed by atoms with E-state index >= 15 is 0 Å². The topological polar surface area (TPSA) is 29.5 Å². The fourth-order valence-electron chi connectivity index (χ4n) is 2.22. The van der Waals surface area contributed by atoms with Gasteiger partial charge in [-0.25, -0.2) is 0 Å². The number of allylic oxidation sites excluding steroid dienone is 2. The summed E-state index contributed by atoms with van der Waals surface area (Å²) in [5.41, 5.74) is 0.768. The Balaban J connectivity index is 2.51. The van der Waals surface area contributed by atoms with Crippen molar-refractivity contribution in [1.29, 1.82) is 0 Å². The number of fused-ring (bicyclic) bond motifs is 1. The summed E-state index contributed by atoms with van der Waals surface area (Å²) in [5, 5.41) is 0. The second-order valence-corrected chi connectivity index (χ2v) is 6.13. The number of ether oxygens (including phenoxy) is 1. The quantitative estimate of drug-likeness (QED) is 0.762. The molecule has 110 valence electrons. The highest BCUT2D eigenvalue weighted by Crippen LogP contribution is 2.42. The Morgan fingerprint density at radius 2 is 2.14 bits per heavy atom. The number of benzene rings is 1. The van der Waals surface area contributed by atoms with Crippen LogP contribution in [0.3, 0.4) is 0 Å². The van der Waals surface area contributed by atoms with Crippen molar-refractivity contribution in [1.82, 2.24) is 0 Å². The summed E-state index contributed by atoms with van der Waals surface area (Å²) < 4.78 is 6.70. The Morgan fingerprint density at radius 1 is 1.43 bits per heavy atom. The van der Waals surface area contributed by atoms with Crippen molar-refractivity contribution in [2.75, 3.05) is 11.4 Å². The maximum atomic E-state index is 12.7. The van der Waals surface area contributed by atoms with E-state index in [1.165, 1.54) is 0 Å². The van der Waals surface area contributed by atoms with E-state index < -0.39 is 5.60 Å². The van der Waals surface area contributed by atoms with Gasteiger partial charge in [0.1, 0.15) is 0 Å². The average molecular weight is 348 g/mol. The molecule has 0 aromatic heterocycles. The first-order valence-corrected chi connectivity index (χ1v) is 7.43. The molecule has 1 aliphatic rings. The third-order valence-electron chi connectivity index (χ3n) is 3.29. The Kier molecular flexibility index (Phi) is 4.37. The van der Waals surface area contributed by atoms with Crippen LogP contribution in [0.1, 0.15) is 13.8 Å². The lowest BCUT2D eigenvalue weighted by Crippen LogP contribution is -2.53. The Hall–Kier alpha value is -1.81. The van der Waals surface area contributed by atoms with E-state index in [2.05, 4.69) is 29.1 Å². The van der Waals surface area contributed by atoms with Crippen LogP contribution in [0.4, 0.5) is 5.69 Å². The maximum Gasteiger partial charge on any atom is 0.271 e. The van der Waals surface area contributed by atoms with Gasteiger partial charge in [-0.3, -0.25) is 4.79 Å². The molecule has 0 fully saturated rings. The maximum absolute atomic E-state index is 12.7. The SMILES string of the molecule is C=C/C=C(\C=C)CN1C(=O)C(C)(C)Oc2c(Br)cccc21. The van der Waals surface area contributed by atoms with Gasteiger partial charge in [-0.15, -0.1) is 0 Å². The summed E-state index contributed by atoms with van der Waals surface area (Å²) in [4.78, 5) is 14.4. The minimum absolute atomic E-state index is 0.0788. The van der Waals surface area contributed by atoms with Gasteiger partial charge in [0, 0.05) is 0 Å². The van der Waals surface area contributed by atoms with Crippen LogP contribution >= 0.6 is 15.9 Å². The van der Waals surface area contributed by atoms with Gasteiger partial charge in [-0.1, -0.05) is 37.5 Å². The second-order valence-electron chi connectivity index (χ2n) is 5.27. The van der Waals surface area contributed by atoms with Crippen LogP contribution in [0, 0.1) is 0 Å². The lowest BCUT2D eigenvalue weighted by Gasteiger charge is -2.39. The third-order valence-corrected chi connectivity index (χ3v) is 3.91. The smallest absolute Gasteiger partial charge is 0.271 e. The molecular formula is C17H18BrNO2. The number of carbonyl (C=O) groups is 1. The van der Waals surface area contributed by atoms with Crippen molar-refractivity contribution in [2.24, 2.45) is 0 Å². The van der Waals surface area contributed by atoms with Crippen LogP contribution in [-0.4, -0.2) is 18.1 Å². The van der Waals surface area contributed by atoms with E-state index in [-0.39, 0.29) is 5.91 Å². The molecule has 1 aliphatic heterocycles. The summed E-state index contributed by atoms with van der Waals surface area (Å²) in [5.74, 6) is 0.606. The van der Waals surface area contributed by atoms with Crippen LogP contribution < -0.4 is 9.64 Å². The van der Waals surface area contributed by atoms with Gasteiger partial charge < -0.3 is 9.64 Å². The molecule has 4 heteroatoms. The van der Waals surface area contributed by atoms with E-state index in [9.17, 15) is 4.79 Å². The molecule has 0 saturated carbocycles. The summed E-state index contributed by atoms with van der Waals surface area (Å²) >= 11 is 3.48. The molecule has 0 unspecified atom stereocenters. The first-order chi connectivity index (χ1) is 9.90. The summed E-state index contributed by atoms with van der Waals surface area (Å²) in [6.45, 7) is 11.5. The Morgan fingerprint density at radius 3 is 2.76 bits per heavy atom. The fourth-order valence-corrected chi connectivity index (χ4v) is 2.66. The molecule has 21 heavy (non-hydrogen) atoms. The standard InChI is InChI=1S/C17H18BrNO2/c1-5-8-12(6-2)11-19-14-10-7-9-13(18)15(14)21-17(3,4)16(19)20/h5-10H,1-2,11H2,3-4H3/b12-8+. The third kappa shape index (κ3) is 2.95. The van der Waals surface area contributed by atoms with E-state index in [0.717, 1.165) is 15.7 Å². The van der Waals surface area contributed by atoms with Gasteiger partial charge in [-0.05, 0) is 47.5 Å². The van der Waals surface area contributed by atoms with E-state index in [4.69, 9.17) is 4.74 Å². The number of para-hydroxylation sites is 1. The van der Waals surface area contributed by atoms with Crippen molar-refractivity contribution >= 4 is 27.5 Å². The first kappa shape index (κ1) is 15.6. The highest BCUT2D eigenvalue weighted by Gasteiger charge is 2.41. The predicted molar refractivity (Wildman–Crippen MR) is 89.7 cm³/mol. The van der Waals surface area contributed by atoms with Gasteiger partial charge >= 0.3 is 0 Å². The van der Waals surface area contributed by atoms with Crippen LogP contribution in [0.2, 0.25) is 0 Å². The molecular weight excluding hydrogens is 330 g/mol. The highest BCUT2D eigenvalue weighted by molar-refractivity contribution is 9.10. The summed E-state index contributed by atoms with van der Waals surface area (Å²) in [6, 6.07) is 5.66. The molecule has 0 radical (unpaired) electrons. The zero-order chi connectivity index (χ0) is 15.6. The molecule has 0 N–H and O–H groups in total. The molecule has 0 saturated heterocycles. The molecule has 0 spiro atoms. The first-order valence-electron chi connectivity index (χ1n) is 6.64. The number of halogens is 1. The molecule has 1 amide bonds. The zero-order valence-corrected chi connectivity index (χ0v) is 13.8. The largest absolute Gasteiger partial charge is 0.475 e. The Bertz CT molecular complexity index is 632. The van der Waals surface area contributed by atoms with E-state index in [1.54, 1.807) is 30.9 Å². The minimum Gasteiger partial charge on any atom is -0.475 e. The number of rotatable bonds is 4. The molecule has 1 heterocycles. The van der Waals surface area contributed by atoms with E-state index in [1.807, 2.05) is 24.3 Å². The minimum atomic E-state index is -0.905. The normalized spacial score (nSPS) is 17.0. The van der Waals surface area contributed by atoms with Crippen LogP contribution in [0.25, 0.3) is 0 Å². The number of amides is 1. The van der Waals surface area contributed by atoms with Gasteiger partial charge in [0.25, 0.3) is 5.91 Å². The van der Waals surface area contributed by atoms with Gasteiger partial charge in [-0.2, -0.15) is 0 Å². The van der Waals surface area contributed by atoms with Crippen molar-refractivity contribution in [3.63, 3.8) is 0 Å². The predicted octanol–water partition coefficient (Wildman–Crippen LogP) is 4.25. The lowest BCUT2D eigenvalue weighted by atomic mass is 10.0. The lowest BCUT2D eigenvalue weighted by molar-refractivity contribution is -0.132. The van der Waals surface area contributed by atoms with E-state index in [0.29, 0.717) is 12.3 Å². The molecule has 2 rings (SSSR count). The monoisotopic (exact) mass is 347 g/mol. The van der Waals surface area contributed by atoms with Crippen molar-refractivity contribution < 1.29 is 9.53 Å². The summed E-state index contributed by atoms with van der Waals surface area (Å²) in [7, 11) is 0. The van der Waals surface area contributed by atoms with Gasteiger partial charge in [0.2, 0.25) is 0 Å². The van der Waals surface area contributed by atoms with Gasteiger partial charge in [0.15, 0.2) is 11.4 Å². The van der Waals surface area contributed by atoms with Gasteiger partial charge in [0.05, 0.1) is 16.7 Å². The Labute approximate surface area is 133 Å². The molecule has 0 aliphatic carbocycles. The number of hydrogen-bond donors (Lipinski definition) is 0. The van der Waals surface area contributed by atoms with Crippen LogP contribution in [-0.2, 0) is 4.79 Å².